The second-order valence-corrected chi connectivity index (χ2v) is 5.24. The van der Waals surface area contributed by atoms with E-state index in [0.29, 0.717) is 6.54 Å². The number of anilines is 1. The Morgan fingerprint density at radius 3 is 2.71 bits per heavy atom. The summed E-state index contributed by atoms with van der Waals surface area (Å²) in [7, 11) is 3.06. The van der Waals surface area contributed by atoms with Gasteiger partial charge in [-0.3, -0.25) is 0 Å². The van der Waals surface area contributed by atoms with Gasteiger partial charge in [0.2, 0.25) is 0 Å². The van der Waals surface area contributed by atoms with Gasteiger partial charge in [-0.25, -0.2) is 4.79 Å². The number of hydrogen-bond acceptors (Lipinski definition) is 4. The highest BCUT2D eigenvalue weighted by Gasteiger charge is 2.14. The first-order chi connectivity index (χ1) is 11.7. The van der Waals surface area contributed by atoms with Crippen molar-refractivity contribution < 1.29 is 14.3 Å². The van der Waals surface area contributed by atoms with Gasteiger partial charge in [-0.15, -0.1) is 0 Å². The van der Waals surface area contributed by atoms with Crippen LogP contribution in [-0.4, -0.2) is 26.7 Å². The highest BCUT2D eigenvalue weighted by molar-refractivity contribution is 5.82. The fraction of sp³-hybridized carbons (Fsp3) is 0.250. The quantitative estimate of drug-likeness (QED) is 0.432. The molecule has 4 heteroatoms. The summed E-state index contributed by atoms with van der Waals surface area (Å²) in [6.07, 6.45) is 13.1. The van der Waals surface area contributed by atoms with Crippen LogP contribution in [0.4, 0.5) is 5.69 Å². The molecule has 1 aromatic rings. The molecule has 0 saturated heterocycles. The summed E-state index contributed by atoms with van der Waals surface area (Å²) < 4.78 is 9.93. The minimum Gasteiger partial charge on any atom is -0.497 e. The Bertz CT molecular complexity index is 657. The molecule has 0 unspecified atom stereocenters. The molecule has 1 aliphatic carbocycles. The van der Waals surface area contributed by atoms with Gasteiger partial charge in [0.1, 0.15) is 5.76 Å². The molecule has 0 fully saturated rings. The lowest BCUT2D eigenvalue weighted by Gasteiger charge is -2.28. The SMILES string of the molecule is COC(=O)/C=C/C=C/CN(C1=CC(OC)=CCC1)c1ccccc1. The van der Waals surface area contributed by atoms with E-state index in [4.69, 9.17) is 4.74 Å². The maximum absolute atomic E-state index is 11.1. The number of allylic oxidation sites excluding steroid dienone is 5. The second kappa shape index (κ2) is 9.40. The molecule has 0 aliphatic heterocycles. The van der Waals surface area contributed by atoms with E-state index in [2.05, 4.69) is 33.9 Å². The standard InChI is InChI=1S/C20H23NO3/c1-23-19-13-9-12-18(16-19)21(17-10-5-3-6-11-17)15-8-4-7-14-20(22)24-2/h3-8,10-11,13-14,16H,9,12,15H2,1-2H3/b8-4+,14-7+. The minimum atomic E-state index is -0.357. The van der Waals surface area contributed by atoms with Crippen LogP contribution in [0.2, 0.25) is 0 Å². The smallest absolute Gasteiger partial charge is 0.330 e. The summed E-state index contributed by atoms with van der Waals surface area (Å²) in [6.45, 7) is 0.707. The molecule has 0 aromatic heterocycles. The normalized spacial score (nSPS) is 14.4. The monoisotopic (exact) mass is 325 g/mol. The zero-order chi connectivity index (χ0) is 17.2. The lowest BCUT2D eigenvalue weighted by atomic mass is 10.1. The second-order valence-electron chi connectivity index (χ2n) is 5.24. The van der Waals surface area contributed by atoms with Crippen LogP contribution >= 0.6 is 0 Å². The van der Waals surface area contributed by atoms with Crippen LogP contribution in [0.25, 0.3) is 0 Å². The number of esters is 1. The van der Waals surface area contributed by atoms with Crippen molar-refractivity contribution in [3.05, 3.63) is 78.2 Å². The van der Waals surface area contributed by atoms with Gasteiger partial charge in [0.25, 0.3) is 0 Å². The third-order valence-electron chi connectivity index (χ3n) is 3.67. The molecule has 0 spiro atoms. The van der Waals surface area contributed by atoms with E-state index < -0.39 is 0 Å². The summed E-state index contributed by atoms with van der Waals surface area (Å²) in [5.41, 5.74) is 2.34. The van der Waals surface area contributed by atoms with Crippen molar-refractivity contribution in [1.29, 1.82) is 0 Å². The van der Waals surface area contributed by atoms with Crippen LogP contribution in [0.1, 0.15) is 12.8 Å². The molecule has 126 valence electrons. The molecule has 4 nitrogen and oxygen atoms in total. The van der Waals surface area contributed by atoms with Crippen LogP contribution in [0.5, 0.6) is 0 Å². The van der Waals surface area contributed by atoms with Gasteiger partial charge in [-0.2, -0.15) is 0 Å². The fourth-order valence-electron chi connectivity index (χ4n) is 2.46. The van der Waals surface area contributed by atoms with Gasteiger partial charge >= 0.3 is 5.97 Å². The summed E-state index contributed by atoms with van der Waals surface area (Å²) >= 11 is 0. The van der Waals surface area contributed by atoms with E-state index in [0.717, 1.165) is 24.3 Å². The highest BCUT2D eigenvalue weighted by Crippen LogP contribution is 2.26. The van der Waals surface area contributed by atoms with Crippen molar-refractivity contribution in [2.24, 2.45) is 0 Å². The van der Waals surface area contributed by atoms with E-state index in [1.807, 2.05) is 30.4 Å². The molecule has 1 aromatic carbocycles. The van der Waals surface area contributed by atoms with E-state index >= 15 is 0 Å². The zero-order valence-corrected chi connectivity index (χ0v) is 14.1. The molecular formula is C20H23NO3. The Kier molecular flexibility index (Phi) is 6.90. The number of methoxy groups -OCH3 is 2. The number of nitrogens with zero attached hydrogens (tertiary/aromatic N) is 1. The molecule has 0 atom stereocenters. The van der Waals surface area contributed by atoms with Crippen molar-refractivity contribution in [2.75, 3.05) is 25.7 Å². The van der Waals surface area contributed by atoms with Crippen molar-refractivity contribution in [2.45, 2.75) is 12.8 Å². The number of rotatable bonds is 7. The van der Waals surface area contributed by atoms with E-state index in [-0.39, 0.29) is 5.97 Å². The molecule has 24 heavy (non-hydrogen) atoms. The Balaban J connectivity index is 2.14. The Morgan fingerprint density at radius 1 is 1.21 bits per heavy atom. The van der Waals surface area contributed by atoms with Crippen molar-refractivity contribution in [3.63, 3.8) is 0 Å². The van der Waals surface area contributed by atoms with Crippen LogP contribution in [-0.2, 0) is 14.3 Å². The lowest BCUT2D eigenvalue weighted by Crippen LogP contribution is -2.23. The summed E-state index contributed by atoms with van der Waals surface area (Å²) in [5.74, 6) is 0.538. The number of carbonyl (C=O) groups is 1. The van der Waals surface area contributed by atoms with Crippen LogP contribution < -0.4 is 4.90 Å². The first-order valence-electron chi connectivity index (χ1n) is 7.93. The number of hydrogen-bond donors (Lipinski definition) is 0. The van der Waals surface area contributed by atoms with E-state index in [1.54, 1.807) is 13.2 Å². The van der Waals surface area contributed by atoms with E-state index in [1.165, 1.54) is 18.9 Å². The molecule has 0 heterocycles. The maximum atomic E-state index is 11.1. The van der Waals surface area contributed by atoms with Crippen LogP contribution in [0.15, 0.2) is 78.2 Å². The van der Waals surface area contributed by atoms with Gasteiger partial charge in [-0.05, 0) is 37.1 Å². The maximum Gasteiger partial charge on any atom is 0.330 e. The zero-order valence-electron chi connectivity index (χ0n) is 14.1. The van der Waals surface area contributed by atoms with Gasteiger partial charge in [-0.1, -0.05) is 36.4 Å². The van der Waals surface area contributed by atoms with Gasteiger partial charge in [0.15, 0.2) is 0 Å². The average molecular weight is 325 g/mol. The summed E-state index contributed by atoms with van der Waals surface area (Å²) in [4.78, 5) is 13.3. The third-order valence-corrected chi connectivity index (χ3v) is 3.67. The molecule has 1 aliphatic rings. The Labute approximate surface area is 143 Å². The Morgan fingerprint density at radius 2 is 2.00 bits per heavy atom. The van der Waals surface area contributed by atoms with Crippen molar-refractivity contribution >= 4 is 11.7 Å². The van der Waals surface area contributed by atoms with Gasteiger partial charge < -0.3 is 14.4 Å². The van der Waals surface area contributed by atoms with Gasteiger partial charge in [0.05, 0.1) is 14.2 Å². The predicted octanol–water partition coefficient (Wildman–Crippen LogP) is 3.99. The number of benzene rings is 1. The molecule has 0 amide bonds. The highest BCUT2D eigenvalue weighted by atomic mass is 16.5. The van der Waals surface area contributed by atoms with Crippen LogP contribution in [0.3, 0.4) is 0 Å². The molecule has 0 N–H and O–H groups in total. The first kappa shape index (κ1) is 17.6. The number of carbonyl (C=O) groups excluding carboxylic acids is 1. The van der Waals surface area contributed by atoms with Crippen molar-refractivity contribution in [1.82, 2.24) is 0 Å². The first-order valence-corrected chi connectivity index (χ1v) is 7.93. The number of para-hydroxylation sites is 1. The number of ether oxygens (including phenoxy) is 2. The minimum absolute atomic E-state index is 0.357. The summed E-state index contributed by atoms with van der Waals surface area (Å²) in [5, 5.41) is 0. The largest absolute Gasteiger partial charge is 0.497 e. The van der Waals surface area contributed by atoms with Crippen molar-refractivity contribution in [3.8, 4) is 0 Å². The molecule has 0 radical (unpaired) electrons. The Hall–Kier alpha value is -2.75. The predicted molar refractivity (Wildman–Crippen MR) is 96.5 cm³/mol. The van der Waals surface area contributed by atoms with E-state index in [9.17, 15) is 4.79 Å². The summed E-state index contributed by atoms with van der Waals surface area (Å²) in [6, 6.07) is 10.2. The molecule has 0 saturated carbocycles. The van der Waals surface area contributed by atoms with Gasteiger partial charge in [0, 0.05) is 24.0 Å². The lowest BCUT2D eigenvalue weighted by molar-refractivity contribution is -0.134. The van der Waals surface area contributed by atoms with Crippen LogP contribution in [0, 0.1) is 0 Å². The fourth-order valence-corrected chi connectivity index (χ4v) is 2.46. The molecule has 2 rings (SSSR count). The molecule has 0 bridgehead atoms. The molecular weight excluding hydrogens is 302 g/mol. The third kappa shape index (κ3) is 5.16. The average Bonchev–Trinajstić information content (AvgIpc) is 2.65. The topological polar surface area (TPSA) is 38.8 Å².